The van der Waals surface area contributed by atoms with Crippen LogP contribution in [-0.2, 0) is 10.8 Å². The number of hydrogen-bond acceptors (Lipinski definition) is 6. The summed E-state index contributed by atoms with van der Waals surface area (Å²) in [4.78, 5) is 19.4. The van der Waals surface area contributed by atoms with Crippen LogP contribution in [0.25, 0.3) is 22.5 Å². The van der Waals surface area contributed by atoms with E-state index < -0.39 is 0 Å². The van der Waals surface area contributed by atoms with Crippen molar-refractivity contribution in [1.29, 1.82) is 0 Å². The summed E-state index contributed by atoms with van der Waals surface area (Å²) in [7, 11) is 0. The maximum absolute atomic E-state index is 5.06. The van der Waals surface area contributed by atoms with Crippen LogP contribution in [0.2, 0.25) is 0 Å². The minimum Gasteiger partial charge on any atom is -0.310 e. The Kier molecular flexibility index (Phi) is 15.1. The molecule has 0 N–H and O–H groups in total. The molecule has 0 bridgehead atoms. The topological polar surface area (TPSA) is 38.7 Å². The zero-order valence-corrected chi connectivity index (χ0v) is 52.2. The zero-order chi connectivity index (χ0) is 59.1. The normalized spacial score (nSPS) is 13.3. The van der Waals surface area contributed by atoms with E-state index in [0.717, 1.165) is 93.9 Å². The Bertz CT molecular complexity index is 4140. The lowest BCUT2D eigenvalue weighted by molar-refractivity contribution is 0.631. The molecule has 8 heteroatoms. The number of rotatable bonds is 10. The third-order valence-corrected chi connectivity index (χ3v) is 17.9. The molecule has 10 aromatic carbocycles. The van der Waals surface area contributed by atoms with E-state index in [9.17, 15) is 0 Å². The molecule has 0 fully saturated rings. The molecule has 2 aliphatic rings. The van der Waals surface area contributed by atoms with Gasteiger partial charge in [-0.1, -0.05) is 193 Å². The fourth-order valence-electron chi connectivity index (χ4n) is 12.5. The van der Waals surface area contributed by atoms with Crippen LogP contribution in [0, 0.1) is 13.8 Å². The van der Waals surface area contributed by atoms with Gasteiger partial charge in [-0.15, -0.1) is 0 Å². The van der Waals surface area contributed by atoms with Gasteiger partial charge in [0.2, 0.25) is 0 Å². The lowest BCUT2D eigenvalue weighted by Crippen LogP contribution is -2.31. The van der Waals surface area contributed by atoms with Crippen LogP contribution in [-0.4, -0.2) is 9.97 Å². The van der Waals surface area contributed by atoms with Gasteiger partial charge in [0.05, 0.1) is 57.9 Å². The monoisotopic (exact) mass is 1240 g/mol. The number of halogens is 2. The average molecular weight is 1250 g/mol. The first-order valence-electron chi connectivity index (χ1n) is 29.2. The number of para-hydroxylation sites is 4. The molecule has 6 nitrogen and oxygen atoms in total. The van der Waals surface area contributed by atoms with E-state index in [1.807, 2.05) is 24.5 Å². The fraction of sp³-hybridized carbons (Fsp3) is 0.103. The number of hydrogen-bond donors (Lipinski definition) is 0. The second-order valence-corrected chi connectivity index (χ2v) is 24.9. The van der Waals surface area contributed by atoms with E-state index in [1.165, 1.54) is 39.2 Å². The van der Waals surface area contributed by atoms with E-state index >= 15 is 0 Å². The number of aromatic nitrogens is 2. The number of fused-ring (bicyclic) bond motifs is 4. The lowest BCUT2D eigenvalue weighted by atomic mass is 9.73. The van der Waals surface area contributed by atoms with Crippen molar-refractivity contribution in [3.05, 3.63) is 322 Å². The zero-order valence-electron chi connectivity index (χ0n) is 49.0. The van der Waals surface area contributed by atoms with Crippen molar-refractivity contribution < 1.29 is 0 Å². The summed E-state index contributed by atoms with van der Waals surface area (Å²) >= 11 is 7.36. The number of nitrogens with zero attached hydrogens (tertiary/aromatic N) is 6. The summed E-state index contributed by atoms with van der Waals surface area (Å²) in [6.07, 6.45) is 4.06. The van der Waals surface area contributed by atoms with Crippen molar-refractivity contribution in [2.45, 2.75) is 52.4 Å². The summed E-state index contributed by atoms with van der Waals surface area (Å²) < 4.78 is 2.18. The Morgan fingerprint density at radius 3 is 0.884 bits per heavy atom. The van der Waals surface area contributed by atoms with E-state index in [0.29, 0.717) is 0 Å². The van der Waals surface area contributed by atoms with Crippen LogP contribution in [0.15, 0.2) is 288 Å². The molecule has 0 radical (unpaired) electrons. The first-order chi connectivity index (χ1) is 41.8. The molecule has 0 spiro atoms. The summed E-state index contributed by atoms with van der Waals surface area (Å²) in [5, 5.41) is 0. The number of anilines is 12. The van der Waals surface area contributed by atoms with Gasteiger partial charge in [0.1, 0.15) is 0 Å². The Morgan fingerprint density at radius 2 is 0.581 bits per heavy atom. The first-order valence-corrected chi connectivity index (χ1v) is 30.8. The molecule has 4 heterocycles. The molecule has 12 aromatic rings. The van der Waals surface area contributed by atoms with Gasteiger partial charge < -0.3 is 19.6 Å². The molecule has 0 unspecified atom stereocenters. The molecule has 0 aliphatic carbocycles. The molecule has 2 aromatic heterocycles. The van der Waals surface area contributed by atoms with Gasteiger partial charge in [-0.05, 0) is 181 Å². The van der Waals surface area contributed by atoms with Gasteiger partial charge >= 0.3 is 0 Å². The predicted octanol–water partition coefficient (Wildman–Crippen LogP) is 22.8. The van der Waals surface area contributed by atoms with Gasteiger partial charge in [0.25, 0.3) is 0 Å². The van der Waals surface area contributed by atoms with Crippen molar-refractivity contribution in [2.24, 2.45) is 0 Å². The standard InChI is InChI=1S/C51H42N4.C27H22Br2N2/c1-37-33-47(38-19-9-4-10-20-38)52-36-50(37)55-48-31-29-43(53(39-21-11-5-12-22-39)40-23-13-6-14-24-40)34-45(48)51(2,3)46-35-44(30-32-49(46)55)54(41-25-15-7-16-26-41)42-27-17-8-18-28-42;1-17-13-23(18-7-5-4-6-8-18)30-16-26(17)31-24-11-9-19(28)14-21(24)27(2,3)22-15-20(29)10-12-25(22)31/h4-36H,1-3H3;4-16H,1-3H3. The molecule has 0 atom stereocenters. The molecule has 0 amide bonds. The number of aryl methyl sites for hydroxylation is 2. The fourth-order valence-corrected chi connectivity index (χ4v) is 13.2. The van der Waals surface area contributed by atoms with Crippen molar-refractivity contribution in [2.75, 3.05) is 19.6 Å². The summed E-state index contributed by atoms with van der Waals surface area (Å²) in [5.41, 5.74) is 24.6. The van der Waals surface area contributed by atoms with Gasteiger partial charge in [0, 0.05) is 65.0 Å². The van der Waals surface area contributed by atoms with Crippen molar-refractivity contribution in [1.82, 2.24) is 9.97 Å². The molecule has 0 saturated carbocycles. The molecule has 2 aliphatic heterocycles. The molecular weight excluding hydrogens is 1180 g/mol. The summed E-state index contributed by atoms with van der Waals surface area (Å²) in [5.74, 6) is 0. The largest absolute Gasteiger partial charge is 0.310 e. The van der Waals surface area contributed by atoms with E-state index in [-0.39, 0.29) is 10.8 Å². The van der Waals surface area contributed by atoms with Crippen LogP contribution >= 0.6 is 31.9 Å². The Labute approximate surface area is 522 Å². The SMILES string of the molecule is Cc1cc(-c2ccccc2)ncc1N1c2ccc(Br)cc2C(C)(C)c2cc(Br)ccc21.Cc1cc(-c2ccccc2)ncc1N1c2ccc(N(c3ccccc3)c3ccccc3)cc2C(C)(C)c2cc(N(c3ccccc3)c3ccccc3)ccc21. The molecular formula is C78H64Br2N6. The predicted molar refractivity (Wildman–Crippen MR) is 367 cm³/mol. The quantitative estimate of drug-likeness (QED) is 0.136. The van der Waals surface area contributed by atoms with Crippen molar-refractivity contribution in [3.8, 4) is 22.5 Å². The number of pyridine rings is 2. The van der Waals surface area contributed by atoms with Gasteiger partial charge in [-0.3, -0.25) is 9.97 Å². The minimum absolute atomic E-state index is 0.125. The third-order valence-electron chi connectivity index (χ3n) is 16.9. The van der Waals surface area contributed by atoms with Crippen LogP contribution in [0.1, 0.15) is 61.1 Å². The third kappa shape index (κ3) is 10.5. The second kappa shape index (κ2) is 23.3. The highest BCUT2D eigenvalue weighted by Gasteiger charge is 2.40. The maximum atomic E-state index is 5.06. The van der Waals surface area contributed by atoms with Crippen molar-refractivity contribution in [3.63, 3.8) is 0 Å². The first kappa shape index (κ1) is 55.8. The van der Waals surface area contributed by atoms with E-state index in [4.69, 9.17) is 9.97 Å². The highest BCUT2D eigenvalue weighted by Crippen LogP contribution is 2.57. The molecule has 14 rings (SSSR count). The van der Waals surface area contributed by atoms with E-state index in [2.05, 4.69) is 348 Å². The van der Waals surface area contributed by atoms with Crippen molar-refractivity contribution >= 4 is 100 Å². The Balaban J connectivity index is 0.000000187. The second-order valence-electron chi connectivity index (χ2n) is 23.1. The average Bonchev–Trinajstić information content (AvgIpc) is 0.790. The van der Waals surface area contributed by atoms with E-state index in [1.54, 1.807) is 0 Å². The van der Waals surface area contributed by atoms with Crippen LogP contribution < -0.4 is 19.6 Å². The van der Waals surface area contributed by atoms with Crippen LogP contribution in [0.4, 0.5) is 68.2 Å². The van der Waals surface area contributed by atoms with Crippen LogP contribution in [0.3, 0.4) is 0 Å². The highest BCUT2D eigenvalue weighted by atomic mass is 79.9. The van der Waals surface area contributed by atoms with Crippen LogP contribution in [0.5, 0.6) is 0 Å². The summed E-state index contributed by atoms with van der Waals surface area (Å²) in [6.45, 7) is 13.7. The highest BCUT2D eigenvalue weighted by molar-refractivity contribution is 9.10. The molecule has 0 saturated heterocycles. The number of benzene rings is 10. The Hall–Kier alpha value is -9.34. The molecule has 86 heavy (non-hydrogen) atoms. The van der Waals surface area contributed by atoms with Gasteiger partial charge in [-0.2, -0.15) is 0 Å². The van der Waals surface area contributed by atoms with Gasteiger partial charge in [0.15, 0.2) is 0 Å². The lowest BCUT2D eigenvalue weighted by Gasteiger charge is -2.43. The smallest absolute Gasteiger partial charge is 0.0706 e. The summed E-state index contributed by atoms with van der Waals surface area (Å²) in [6, 6.07) is 94.7. The Morgan fingerprint density at radius 1 is 0.302 bits per heavy atom. The molecule has 420 valence electrons. The maximum Gasteiger partial charge on any atom is 0.0706 e. The minimum atomic E-state index is -0.364. The van der Waals surface area contributed by atoms with Gasteiger partial charge in [-0.25, -0.2) is 0 Å².